The Balaban J connectivity index is 1.59. The quantitative estimate of drug-likeness (QED) is 0.748. The number of furan rings is 1. The van der Waals surface area contributed by atoms with Crippen LogP contribution in [-0.4, -0.2) is 23.0 Å². The van der Waals surface area contributed by atoms with Crippen molar-refractivity contribution in [2.75, 3.05) is 12.4 Å². The second-order valence-corrected chi connectivity index (χ2v) is 6.66. The van der Waals surface area contributed by atoms with Crippen LogP contribution in [0.4, 0.5) is 10.5 Å². The predicted octanol–water partition coefficient (Wildman–Crippen LogP) is 4.75. The normalized spacial score (nSPS) is 15.1. The van der Waals surface area contributed by atoms with Gasteiger partial charge in [-0.25, -0.2) is 4.79 Å². The molecule has 1 aromatic carbocycles. The number of benzene rings is 1. The SMILES string of the molecule is Cc1cc2cccc(NC(=O)N(C)[C@H](c3ccccn3)C3CC3)c2o1. The number of pyridine rings is 1. The summed E-state index contributed by atoms with van der Waals surface area (Å²) in [6.45, 7) is 1.90. The number of nitrogens with zero attached hydrogens (tertiary/aromatic N) is 2. The number of nitrogens with one attached hydrogen (secondary N) is 1. The average Bonchev–Trinajstić information content (AvgIpc) is 3.36. The molecule has 1 aliphatic carbocycles. The van der Waals surface area contributed by atoms with Crippen LogP contribution in [0.3, 0.4) is 0 Å². The molecule has 25 heavy (non-hydrogen) atoms. The molecule has 5 nitrogen and oxygen atoms in total. The molecule has 128 valence electrons. The highest BCUT2D eigenvalue weighted by Crippen LogP contribution is 2.43. The van der Waals surface area contributed by atoms with Crippen LogP contribution in [0.15, 0.2) is 53.1 Å². The maximum Gasteiger partial charge on any atom is 0.322 e. The van der Waals surface area contributed by atoms with Crippen molar-refractivity contribution >= 4 is 22.7 Å². The van der Waals surface area contributed by atoms with Crippen LogP contribution in [0.5, 0.6) is 0 Å². The molecule has 3 aromatic rings. The average molecular weight is 335 g/mol. The summed E-state index contributed by atoms with van der Waals surface area (Å²) in [5.74, 6) is 1.31. The maximum absolute atomic E-state index is 12.9. The van der Waals surface area contributed by atoms with Crippen molar-refractivity contribution in [3.8, 4) is 0 Å². The zero-order chi connectivity index (χ0) is 17.4. The first kappa shape index (κ1) is 15.7. The topological polar surface area (TPSA) is 58.4 Å². The Labute approximate surface area is 146 Å². The zero-order valence-electron chi connectivity index (χ0n) is 14.4. The number of carbonyl (C=O) groups is 1. The predicted molar refractivity (Wildman–Crippen MR) is 97.4 cm³/mol. The Hall–Kier alpha value is -2.82. The van der Waals surface area contributed by atoms with E-state index in [9.17, 15) is 4.79 Å². The van der Waals surface area contributed by atoms with E-state index >= 15 is 0 Å². The van der Waals surface area contributed by atoms with E-state index < -0.39 is 0 Å². The molecule has 5 heteroatoms. The van der Waals surface area contributed by atoms with Crippen molar-refractivity contribution in [1.29, 1.82) is 0 Å². The van der Waals surface area contributed by atoms with Crippen molar-refractivity contribution in [2.45, 2.75) is 25.8 Å². The minimum atomic E-state index is -0.149. The van der Waals surface area contributed by atoms with Crippen LogP contribution in [0.2, 0.25) is 0 Å². The number of hydrogen-bond acceptors (Lipinski definition) is 3. The maximum atomic E-state index is 12.9. The lowest BCUT2D eigenvalue weighted by atomic mass is 10.1. The molecule has 1 N–H and O–H groups in total. The summed E-state index contributed by atoms with van der Waals surface area (Å²) in [5, 5.41) is 3.98. The largest absolute Gasteiger partial charge is 0.459 e. The number of fused-ring (bicyclic) bond motifs is 1. The Kier molecular flexibility index (Phi) is 3.92. The van der Waals surface area contributed by atoms with E-state index in [-0.39, 0.29) is 12.1 Å². The van der Waals surface area contributed by atoms with Gasteiger partial charge in [-0.2, -0.15) is 0 Å². The van der Waals surface area contributed by atoms with Crippen molar-refractivity contribution in [3.05, 3.63) is 60.1 Å². The summed E-state index contributed by atoms with van der Waals surface area (Å²) in [5.41, 5.74) is 2.34. The highest BCUT2D eigenvalue weighted by molar-refractivity contribution is 5.99. The molecule has 4 rings (SSSR count). The number of rotatable bonds is 4. The van der Waals surface area contributed by atoms with Gasteiger partial charge in [-0.3, -0.25) is 4.98 Å². The molecule has 0 unspecified atom stereocenters. The smallest absolute Gasteiger partial charge is 0.322 e. The van der Waals surface area contributed by atoms with Crippen LogP contribution in [0, 0.1) is 12.8 Å². The van der Waals surface area contributed by atoms with Gasteiger partial charge in [-0.1, -0.05) is 18.2 Å². The lowest BCUT2D eigenvalue weighted by Gasteiger charge is -2.28. The van der Waals surface area contributed by atoms with E-state index in [1.807, 2.05) is 56.4 Å². The van der Waals surface area contributed by atoms with E-state index in [0.29, 0.717) is 17.2 Å². The number of urea groups is 1. The first-order valence-corrected chi connectivity index (χ1v) is 8.57. The summed E-state index contributed by atoms with van der Waals surface area (Å²) in [6.07, 6.45) is 4.04. The molecule has 2 aromatic heterocycles. The van der Waals surface area contributed by atoms with Crippen LogP contribution in [0.25, 0.3) is 11.0 Å². The summed E-state index contributed by atoms with van der Waals surface area (Å²) >= 11 is 0. The van der Waals surface area contributed by atoms with Gasteiger partial charge in [0.1, 0.15) is 5.76 Å². The van der Waals surface area contributed by atoms with Gasteiger partial charge in [0.05, 0.1) is 17.4 Å². The van der Waals surface area contributed by atoms with Crippen LogP contribution in [0.1, 0.15) is 30.3 Å². The molecule has 0 aliphatic heterocycles. The van der Waals surface area contributed by atoms with E-state index in [4.69, 9.17) is 4.42 Å². The van der Waals surface area contributed by atoms with Gasteiger partial charge in [0, 0.05) is 18.6 Å². The molecule has 1 saturated carbocycles. The summed E-state index contributed by atoms with van der Waals surface area (Å²) in [7, 11) is 1.83. The Morgan fingerprint density at radius 2 is 2.12 bits per heavy atom. The highest BCUT2D eigenvalue weighted by Gasteiger charge is 2.37. The molecule has 2 heterocycles. The van der Waals surface area contributed by atoms with Crippen LogP contribution in [-0.2, 0) is 0 Å². The number of aromatic nitrogens is 1. The fourth-order valence-electron chi connectivity index (χ4n) is 3.34. The second kappa shape index (κ2) is 6.24. The number of carbonyl (C=O) groups excluding carboxylic acids is 1. The van der Waals surface area contributed by atoms with Gasteiger partial charge < -0.3 is 14.6 Å². The number of aryl methyl sites for hydroxylation is 1. The monoisotopic (exact) mass is 335 g/mol. The van der Waals surface area contributed by atoms with Gasteiger partial charge in [-0.15, -0.1) is 0 Å². The van der Waals surface area contributed by atoms with E-state index in [2.05, 4.69) is 10.3 Å². The first-order valence-electron chi connectivity index (χ1n) is 8.57. The van der Waals surface area contributed by atoms with Gasteiger partial charge in [-0.05, 0) is 49.9 Å². The summed E-state index contributed by atoms with van der Waals surface area (Å²) in [6, 6.07) is 13.4. The molecule has 0 spiro atoms. The van der Waals surface area contributed by atoms with Crippen LogP contribution >= 0.6 is 0 Å². The van der Waals surface area contributed by atoms with E-state index in [1.54, 1.807) is 11.1 Å². The summed E-state index contributed by atoms with van der Waals surface area (Å²) < 4.78 is 5.74. The van der Waals surface area contributed by atoms with E-state index in [0.717, 1.165) is 29.7 Å². The molecule has 0 bridgehead atoms. The van der Waals surface area contributed by atoms with Crippen molar-refractivity contribution in [2.24, 2.45) is 5.92 Å². The zero-order valence-corrected chi connectivity index (χ0v) is 14.4. The molecule has 2 amide bonds. The first-order chi connectivity index (χ1) is 12.1. The minimum Gasteiger partial charge on any atom is -0.459 e. The standard InChI is InChI=1S/C20H21N3O2/c1-13-12-15-6-5-8-17(19(15)25-13)22-20(24)23(2)18(14-9-10-14)16-7-3-4-11-21-16/h3-8,11-12,14,18H,9-10H2,1-2H3,(H,22,24)/t18-/m0/s1. The third-order valence-corrected chi connectivity index (χ3v) is 4.71. The third-order valence-electron chi connectivity index (χ3n) is 4.71. The van der Waals surface area contributed by atoms with Crippen molar-refractivity contribution in [3.63, 3.8) is 0 Å². The number of para-hydroxylation sites is 1. The molecular formula is C20H21N3O2. The van der Waals surface area contributed by atoms with Crippen molar-refractivity contribution in [1.82, 2.24) is 9.88 Å². The molecule has 1 aliphatic rings. The number of anilines is 1. The fraction of sp³-hybridized carbons (Fsp3) is 0.300. The molecule has 0 radical (unpaired) electrons. The Morgan fingerprint density at radius 3 is 2.84 bits per heavy atom. The number of amides is 2. The molecular weight excluding hydrogens is 314 g/mol. The van der Waals surface area contributed by atoms with Gasteiger partial charge >= 0.3 is 6.03 Å². The minimum absolute atomic E-state index is 0.00117. The Morgan fingerprint density at radius 1 is 1.28 bits per heavy atom. The molecule has 1 atom stereocenters. The van der Waals surface area contributed by atoms with Crippen molar-refractivity contribution < 1.29 is 9.21 Å². The summed E-state index contributed by atoms with van der Waals surface area (Å²) in [4.78, 5) is 19.1. The lowest BCUT2D eigenvalue weighted by molar-refractivity contribution is 0.195. The van der Waals surface area contributed by atoms with Crippen LogP contribution < -0.4 is 5.32 Å². The second-order valence-electron chi connectivity index (χ2n) is 6.66. The Bertz CT molecular complexity index is 900. The van der Waals surface area contributed by atoms with Gasteiger partial charge in [0.15, 0.2) is 5.58 Å². The lowest BCUT2D eigenvalue weighted by Crippen LogP contribution is -2.36. The molecule has 1 fully saturated rings. The highest BCUT2D eigenvalue weighted by atomic mass is 16.3. The molecule has 0 saturated heterocycles. The third kappa shape index (κ3) is 3.09. The van der Waals surface area contributed by atoms with Gasteiger partial charge in [0.25, 0.3) is 0 Å². The number of hydrogen-bond donors (Lipinski definition) is 1. The fourth-order valence-corrected chi connectivity index (χ4v) is 3.34. The van der Waals surface area contributed by atoms with E-state index in [1.165, 1.54) is 0 Å². The van der Waals surface area contributed by atoms with Gasteiger partial charge in [0.2, 0.25) is 0 Å².